The highest BCUT2D eigenvalue weighted by molar-refractivity contribution is 9.10. The van der Waals surface area contributed by atoms with E-state index in [1.807, 2.05) is 0 Å². The molecule has 3 N–H and O–H groups in total. The maximum atomic E-state index is 13.2. The van der Waals surface area contributed by atoms with Crippen molar-refractivity contribution in [2.75, 3.05) is 5.32 Å². The normalized spacial score (nSPS) is 12.6. The molecule has 0 spiro atoms. The first kappa shape index (κ1) is 20.0. The number of aromatic nitrogens is 2. The maximum absolute atomic E-state index is 13.2. The zero-order valence-corrected chi connectivity index (χ0v) is 16.5. The number of hydrogen-bond donors (Lipinski definition) is 2. The van der Waals surface area contributed by atoms with Crippen LogP contribution in [0.15, 0.2) is 34.8 Å². The van der Waals surface area contributed by atoms with Crippen molar-refractivity contribution in [3.63, 3.8) is 0 Å². The molecule has 2 aromatic carbocycles. The van der Waals surface area contributed by atoms with Crippen molar-refractivity contribution in [1.29, 1.82) is 5.26 Å². The van der Waals surface area contributed by atoms with Gasteiger partial charge in [-0.3, -0.25) is 0 Å². The van der Waals surface area contributed by atoms with E-state index in [-0.39, 0.29) is 10.3 Å². The van der Waals surface area contributed by atoms with Crippen LogP contribution in [0.25, 0.3) is 10.8 Å². The van der Waals surface area contributed by atoms with Gasteiger partial charge in [0.1, 0.15) is 6.17 Å². The van der Waals surface area contributed by atoms with E-state index in [0.717, 1.165) is 11.6 Å². The fourth-order valence-electron chi connectivity index (χ4n) is 2.96. The third kappa shape index (κ3) is 3.66. The zero-order valence-electron chi connectivity index (χ0n) is 14.9. The molecule has 0 radical (unpaired) electrons. The number of nitriles is 1. The maximum Gasteiger partial charge on any atom is 0.417 e. The molecule has 0 fully saturated rings. The third-order valence-corrected chi connectivity index (χ3v) is 5.14. The predicted octanol–water partition coefficient (Wildman–Crippen LogP) is 4.97. The van der Waals surface area contributed by atoms with Gasteiger partial charge < -0.3 is 11.1 Å². The summed E-state index contributed by atoms with van der Waals surface area (Å²) in [5.74, 6) is 0.254. The van der Waals surface area contributed by atoms with Crippen molar-refractivity contribution in [3.05, 3.63) is 62.8 Å². The number of halogens is 4. The first-order valence-electron chi connectivity index (χ1n) is 8.19. The van der Waals surface area contributed by atoms with Crippen molar-refractivity contribution in [2.24, 2.45) is 5.73 Å². The Balaban J connectivity index is 2.09. The Hall–Kier alpha value is -2.70. The Bertz CT molecular complexity index is 1110. The Kier molecular flexibility index (Phi) is 5.28. The molecule has 9 heteroatoms. The van der Waals surface area contributed by atoms with E-state index in [2.05, 4.69) is 37.5 Å². The molecule has 3 aromatic rings. The van der Waals surface area contributed by atoms with Gasteiger partial charge >= 0.3 is 6.18 Å². The number of benzene rings is 2. The minimum atomic E-state index is -4.50. The van der Waals surface area contributed by atoms with E-state index in [1.165, 1.54) is 6.07 Å². The summed E-state index contributed by atoms with van der Waals surface area (Å²) in [6, 6.07) is 9.67. The minimum Gasteiger partial charge on any atom is -0.349 e. The Labute approximate surface area is 167 Å². The SMILES string of the molecule is Cc1c(C#N)cccc1[C@@H](N)Nc1nnc(C)c2cc(C(F)(F)F)c(Br)cc12. The number of alkyl halides is 3. The van der Waals surface area contributed by atoms with Crippen LogP contribution in [0.4, 0.5) is 19.0 Å². The molecule has 0 saturated heterocycles. The highest BCUT2D eigenvalue weighted by atomic mass is 79.9. The van der Waals surface area contributed by atoms with Gasteiger partial charge in [0.15, 0.2) is 5.82 Å². The van der Waals surface area contributed by atoms with Crippen LogP contribution in [0.5, 0.6) is 0 Å². The van der Waals surface area contributed by atoms with Crippen LogP contribution >= 0.6 is 15.9 Å². The average molecular weight is 450 g/mol. The summed E-state index contributed by atoms with van der Waals surface area (Å²) in [5, 5.41) is 21.0. The molecular weight excluding hydrogens is 435 g/mol. The number of nitrogens with two attached hydrogens (primary N) is 1. The number of anilines is 1. The summed E-state index contributed by atoms with van der Waals surface area (Å²) in [5.41, 5.74) is 7.71. The number of hydrogen-bond acceptors (Lipinski definition) is 5. The molecule has 144 valence electrons. The zero-order chi connectivity index (χ0) is 20.6. The average Bonchev–Trinajstić information content (AvgIpc) is 2.63. The van der Waals surface area contributed by atoms with Gasteiger partial charge in [0.05, 0.1) is 22.9 Å². The van der Waals surface area contributed by atoms with E-state index < -0.39 is 17.9 Å². The minimum absolute atomic E-state index is 0.0980. The molecule has 3 rings (SSSR count). The van der Waals surface area contributed by atoms with Gasteiger partial charge in [-0.1, -0.05) is 28.1 Å². The van der Waals surface area contributed by atoms with Crippen molar-refractivity contribution in [1.82, 2.24) is 10.2 Å². The van der Waals surface area contributed by atoms with Crippen LogP contribution in [-0.2, 0) is 6.18 Å². The van der Waals surface area contributed by atoms with Crippen LogP contribution in [-0.4, -0.2) is 10.2 Å². The second-order valence-electron chi connectivity index (χ2n) is 6.26. The number of aryl methyl sites for hydroxylation is 1. The summed E-state index contributed by atoms with van der Waals surface area (Å²) >= 11 is 2.99. The van der Waals surface area contributed by atoms with Crippen molar-refractivity contribution >= 4 is 32.5 Å². The molecule has 1 heterocycles. The van der Waals surface area contributed by atoms with E-state index in [4.69, 9.17) is 5.73 Å². The largest absolute Gasteiger partial charge is 0.417 e. The van der Waals surface area contributed by atoms with E-state index in [1.54, 1.807) is 32.0 Å². The Morgan fingerprint density at radius 3 is 2.54 bits per heavy atom. The highest BCUT2D eigenvalue weighted by Gasteiger charge is 2.33. The first-order valence-corrected chi connectivity index (χ1v) is 8.98. The molecule has 0 amide bonds. The highest BCUT2D eigenvalue weighted by Crippen LogP contribution is 2.39. The fraction of sp³-hybridized carbons (Fsp3) is 0.211. The van der Waals surface area contributed by atoms with Gasteiger partial charge in [-0.2, -0.15) is 23.5 Å². The van der Waals surface area contributed by atoms with Gasteiger partial charge in [-0.05, 0) is 43.2 Å². The summed E-state index contributed by atoms with van der Waals surface area (Å²) < 4.78 is 39.6. The number of nitrogens with one attached hydrogen (secondary N) is 1. The molecule has 1 atom stereocenters. The van der Waals surface area contributed by atoms with Gasteiger partial charge in [0, 0.05) is 15.2 Å². The van der Waals surface area contributed by atoms with Crippen molar-refractivity contribution < 1.29 is 13.2 Å². The molecule has 0 unspecified atom stereocenters. The predicted molar refractivity (Wildman–Crippen MR) is 103 cm³/mol. The standard InChI is InChI=1S/C19H15BrF3N5/c1-9-11(8-24)4-3-5-12(9)17(25)26-18-14-7-16(20)15(19(21,22)23)6-13(14)10(2)27-28-18/h3-7,17H,25H2,1-2H3,(H,26,28)/t17-/m0/s1. The van der Waals surface area contributed by atoms with Crippen LogP contribution < -0.4 is 11.1 Å². The van der Waals surface area contributed by atoms with E-state index in [0.29, 0.717) is 27.6 Å². The van der Waals surface area contributed by atoms with Crippen LogP contribution in [0.1, 0.15) is 34.1 Å². The first-order chi connectivity index (χ1) is 13.1. The lowest BCUT2D eigenvalue weighted by atomic mass is 10.0. The summed E-state index contributed by atoms with van der Waals surface area (Å²) in [7, 11) is 0. The number of rotatable bonds is 3. The van der Waals surface area contributed by atoms with Crippen LogP contribution in [0.2, 0.25) is 0 Å². The molecular formula is C19H15BrF3N5. The monoisotopic (exact) mass is 449 g/mol. The lowest BCUT2D eigenvalue weighted by molar-refractivity contribution is -0.138. The number of fused-ring (bicyclic) bond motifs is 1. The molecule has 0 aliphatic heterocycles. The summed E-state index contributed by atoms with van der Waals surface area (Å²) in [6.07, 6.45) is -5.23. The van der Waals surface area contributed by atoms with Crippen LogP contribution in [0.3, 0.4) is 0 Å². The molecule has 28 heavy (non-hydrogen) atoms. The van der Waals surface area contributed by atoms with E-state index in [9.17, 15) is 18.4 Å². The Morgan fingerprint density at radius 2 is 1.89 bits per heavy atom. The molecule has 1 aromatic heterocycles. The molecule has 0 aliphatic rings. The molecule has 5 nitrogen and oxygen atoms in total. The smallest absolute Gasteiger partial charge is 0.349 e. The van der Waals surface area contributed by atoms with Crippen LogP contribution in [0, 0.1) is 25.2 Å². The van der Waals surface area contributed by atoms with Gasteiger partial charge in [-0.25, -0.2) is 0 Å². The Morgan fingerprint density at radius 1 is 1.18 bits per heavy atom. The second-order valence-corrected chi connectivity index (χ2v) is 7.12. The quantitative estimate of drug-likeness (QED) is 0.551. The summed E-state index contributed by atoms with van der Waals surface area (Å²) in [4.78, 5) is 0. The molecule has 0 aliphatic carbocycles. The van der Waals surface area contributed by atoms with Gasteiger partial charge in [-0.15, -0.1) is 5.10 Å². The molecule has 0 saturated carbocycles. The summed E-state index contributed by atoms with van der Waals surface area (Å²) in [6.45, 7) is 3.37. The van der Waals surface area contributed by atoms with Gasteiger partial charge in [0.2, 0.25) is 0 Å². The lowest BCUT2D eigenvalue weighted by Crippen LogP contribution is -2.22. The number of nitrogens with zero attached hydrogens (tertiary/aromatic N) is 3. The van der Waals surface area contributed by atoms with E-state index >= 15 is 0 Å². The third-order valence-electron chi connectivity index (χ3n) is 4.48. The lowest BCUT2D eigenvalue weighted by Gasteiger charge is -2.19. The van der Waals surface area contributed by atoms with Gasteiger partial charge in [0.25, 0.3) is 0 Å². The van der Waals surface area contributed by atoms with Crippen molar-refractivity contribution in [2.45, 2.75) is 26.2 Å². The van der Waals surface area contributed by atoms with Crippen molar-refractivity contribution in [3.8, 4) is 6.07 Å². The topological polar surface area (TPSA) is 87.6 Å². The molecule has 0 bridgehead atoms. The fourth-order valence-corrected chi connectivity index (χ4v) is 3.53. The second kappa shape index (κ2) is 7.37.